The molecule has 0 radical (unpaired) electrons. The number of furan rings is 1. The van der Waals surface area contributed by atoms with Crippen LogP contribution in [0.2, 0.25) is 0 Å². The van der Waals surface area contributed by atoms with Crippen LogP contribution in [0, 0.1) is 0 Å². The van der Waals surface area contributed by atoms with Crippen molar-refractivity contribution in [1.29, 1.82) is 0 Å². The fourth-order valence-corrected chi connectivity index (χ4v) is 6.69. The van der Waals surface area contributed by atoms with E-state index in [1.165, 1.54) is 43.4 Å². The molecule has 0 bridgehead atoms. The molecule has 0 aliphatic rings. The van der Waals surface area contributed by atoms with Crippen LogP contribution in [0.5, 0.6) is 0 Å². The van der Waals surface area contributed by atoms with E-state index in [1.807, 2.05) is 12.1 Å². The van der Waals surface area contributed by atoms with Crippen molar-refractivity contribution in [2.75, 3.05) is 4.90 Å². The second-order valence-electron chi connectivity index (χ2n) is 11.4. The highest BCUT2D eigenvalue weighted by molar-refractivity contribution is 6.20. The molecule has 8 aromatic carbocycles. The Morgan fingerprint density at radius 3 is 1.77 bits per heavy atom. The summed E-state index contributed by atoms with van der Waals surface area (Å²) in [5.41, 5.74) is 7.43. The van der Waals surface area contributed by atoms with Crippen molar-refractivity contribution < 1.29 is 4.42 Å². The molecule has 1 heterocycles. The lowest BCUT2D eigenvalue weighted by Crippen LogP contribution is -2.09. The summed E-state index contributed by atoms with van der Waals surface area (Å²) in [7, 11) is 0. The zero-order chi connectivity index (χ0) is 29.0. The number of anilines is 3. The second-order valence-corrected chi connectivity index (χ2v) is 11.4. The Morgan fingerprint density at radius 2 is 0.932 bits per heavy atom. The van der Waals surface area contributed by atoms with Gasteiger partial charge in [-0.05, 0) is 92.0 Å². The Kier molecular flexibility index (Phi) is 5.54. The molecule has 1 aromatic heterocycles. The van der Waals surface area contributed by atoms with Crippen LogP contribution in [0.15, 0.2) is 168 Å². The molecule has 0 unspecified atom stereocenters. The van der Waals surface area contributed by atoms with Crippen molar-refractivity contribution in [3.8, 4) is 11.1 Å². The van der Waals surface area contributed by atoms with Gasteiger partial charge in [-0.1, -0.05) is 109 Å². The molecule has 2 nitrogen and oxygen atoms in total. The van der Waals surface area contributed by atoms with Crippen LogP contribution in [-0.2, 0) is 0 Å². The largest absolute Gasteiger partial charge is 0.456 e. The summed E-state index contributed by atoms with van der Waals surface area (Å²) in [5.74, 6) is 0. The number of nitrogens with zero attached hydrogens (tertiary/aromatic N) is 1. The molecule has 0 N–H and O–H groups in total. The normalized spacial score (nSPS) is 11.6. The maximum absolute atomic E-state index is 6.26. The topological polar surface area (TPSA) is 16.4 Å². The SMILES string of the molecule is c1ccc(N(c2ccc(-c3ccc4ccc5ccc6ccccc6c5c4c3)cc2)c2ccc3c(c2)oc2ccccc23)cc1. The van der Waals surface area contributed by atoms with E-state index >= 15 is 0 Å². The smallest absolute Gasteiger partial charge is 0.137 e. The number of hydrogen-bond acceptors (Lipinski definition) is 2. The summed E-state index contributed by atoms with van der Waals surface area (Å²) >= 11 is 0. The first-order valence-electron chi connectivity index (χ1n) is 15.0. The third-order valence-corrected chi connectivity index (χ3v) is 8.82. The maximum atomic E-state index is 6.26. The van der Waals surface area contributed by atoms with E-state index in [0.717, 1.165) is 39.0 Å². The zero-order valence-electron chi connectivity index (χ0n) is 23.9. The van der Waals surface area contributed by atoms with Gasteiger partial charge in [-0.15, -0.1) is 0 Å². The molecule has 0 aliphatic heterocycles. The molecule has 206 valence electrons. The van der Waals surface area contributed by atoms with Crippen molar-refractivity contribution in [2.45, 2.75) is 0 Å². The summed E-state index contributed by atoms with van der Waals surface area (Å²) in [6.45, 7) is 0. The van der Waals surface area contributed by atoms with Gasteiger partial charge in [0.05, 0.1) is 0 Å². The molecule has 9 rings (SSSR count). The summed E-state index contributed by atoms with van der Waals surface area (Å²) in [6.07, 6.45) is 0. The first kappa shape index (κ1) is 24.7. The molecule has 0 fully saturated rings. The molecule has 44 heavy (non-hydrogen) atoms. The van der Waals surface area contributed by atoms with Gasteiger partial charge in [0.2, 0.25) is 0 Å². The van der Waals surface area contributed by atoms with E-state index in [-0.39, 0.29) is 0 Å². The van der Waals surface area contributed by atoms with E-state index < -0.39 is 0 Å². The molecular formula is C42H27NO. The van der Waals surface area contributed by atoms with Crippen LogP contribution in [0.25, 0.3) is 65.4 Å². The third kappa shape index (κ3) is 3.96. The van der Waals surface area contributed by atoms with E-state index in [0.29, 0.717) is 0 Å². The molecule has 0 saturated heterocycles. The van der Waals surface area contributed by atoms with Crippen molar-refractivity contribution >= 4 is 71.3 Å². The lowest BCUT2D eigenvalue weighted by Gasteiger charge is -2.25. The minimum Gasteiger partial charge on any atom is -0.456 e. The number of fused-ring (bicyclic) bond motifs is 8. The number of para-hydroxylation sites is 2. The van der Waals surface area contributed by atoms with E-state index in [2.05, 4.69) is 157 Å². The lowest BCUT2D eigenvalue weighted by molar-refractivity contribution is 0.669. The van der Waals surface area contributed by atoms with Crippen LogP contribution in [0.1, 0.15) is 0 Å². The highest BCUT2D eigenvalue weighted by Gasteiger charge is 2.16. The monoisotopic (exact) mass is 561 g/mol. The highest BCUT2D eigenvalue weighted by Crippen LogP contribution is 2.40. The molecule has 0 atom stereocenters. The van der Waals surface area contributed by atoms with Gasteiger partial charge in [-0.25, -0.2) is 0 Å². The summed E-state index contributed by atoms with van der Waals surface area (Å²) < 4.78 is 6.26. The van der Waals surface area contributed by atoms with Gasteiger partial charge in [0.25, 0.3) is 0 Å². The van der Waals surface area contributed by atoms with Crippen LogP contribution in [-0.4, -0.2) is 0 Å². The fraction of sp³-hybridized carbons (Fsp3) is 0. The molecular weight excluding hydrogens is 534 g/mol. The minimum atomic E-state index is 0.886. The minimum absolute atomic E-state index is 0.886. The third-order valence-electron chi connectivity index (χ3n) is 8.82. The van der Waals surface area contributed by atoms with Gasteiger partial charge in [-0.2, -0.15) is 0 Å². The number of hydrogen-bond donors (Lipinski definition) is 0. The summed E-state index contributed by atoms with van der Waals surface area (Å²) in [4.78, 5) is 2.29. The molecule has 0 spiro atoms. The maximum Gasteiger partial charge on any atom is 0.137 e. The molecule has 0 aliphatic carbocycles. The Morgan fingerprint density at radius 1 is 0.341 bits per heavy atom. The standard InChI is InChI=1S/C42H27NO/c1-2-9-33(10-3-1)43(35-24-25-38-37-12-6-7-13-40(37)44-41(38)27-35)34-22-20-28(21-23-34)32-19-16-30-15-18-31-17-14-29-8-4-5-11-36(29)42(31)39(30)26-32/h1-27H. The summed E-state index contributed by atoms with van der Waals surface area (Å²) in [6, 6.07) is 58.6. The van der Waals surface area contributed by atoms with Crippen molar-refractivity contribution in [3.05, 3.63) is 164 Å². The zero-order valence-corrected chi connectivity index (χ0v) is 23.9. The van der Waals surface area contributed by atoms with Gasteiger partial charge in [0.15, 0.2) is 0 Å². The van der Waals surface area contributed by atoms with E-state index in [1.54, 1.807) is 0 Å². The highest BCUT2D eigenvalue weighted by atomic mass is 16.3. The quantitative estimate of drug-likeness (QED) is 0.199. The molecule has 0 saturated carbocycles. The number of benzene rings is 8. The molecule has 0 amide bonds. The van der Waals surface area contributed by atoms with Crippen LogP contribution in [0.3, 0.4) is 0 Å². The lowest BCUT2D eigenvalue weighted by atomic mass is 9.94. The number of rotatable bonds is 4. The van der Waals surface area contributed by atoms with Gasteiger partial charge in [-0.3, -0.25) is 0 Å². The molecule has 2 heteroatoms. The van der Waals surface area contributed by atoms with E-state index in [9.17, 15) is 0 Å². The van der Waals surface area contributed by atoms with Gasteiger partial charge in [0, 0.05) is 33.9 Å². The van der Waals surface area contributed by atoms with E-state index in [4.69, 9.17) is 4.42 Å². The van der Waals surface area contributed by atoms with Crippen molar-refractivity contribution in [1.82, 2.24) is 0 Å². The molecule has 9 aromatic rings. The van der Waals surface area contributed by atoms with Gasteiger partial charge in [0.1, 0.15) is 11.2 Å². The summed E-state index contributed by atoms with van der Waals surface area (Å²) in [5, 5.41) is 9.95. The predicted octanol–water partition coefficient (Wildman–Crippen LogP) is 12.2. The van der Waals surface area contributed by atoms with Crippen LogP contribution < -0.4 is 4.90 Å². The average Bonchev–Trinajstić information content (AvgIpc) is 3.46. The predicted molar refractivity (Wildman–Crippen MR) is 186 cm³/mol. The average molecular weight is 562 g/mol. The Balaban J connectivity index is 1.16. The van der Waals surface area contributed by atoms with Crippen LogP contribution in [0.4, 0.5) is 17.1 Å². The Hall–Kier alpha value is -5.86. The van der Waals surface area contributed by atoms with Gasteiger partial charge < -0.3 is 9.32 Å². The second kappa shape index (κ2) is 9.86. The fourth-order valence-electron chi connectivity index (χ4n) is 6.69. The Labute approximate surface area is 255 Å². The first-order chi connectivity index (χ1) is 21.8. The van der Waals surface area contributed by atoms with Crippen LogP contribution >= 0.6 is 0 Å². The van der Waals surface area contributed by atoms with Gasteiger partial charge >= 0.3 is 0 Å². The van der Waals surface area contributed by atoms with Crippen molar-refractivity contribution in [3.63, 3.8) is 0 Å². The Bertz CT molecular complexity index is 2480. The first-order valence-corrected chi connectivity index (χ1v) is 15.0. The van der Waals surface area contributed by atoms with Crippen molar-refractivity contribution in [2.24, 2.45) is 0 Å².